The summed E-state index contributed by atoms with van der Waals surface area (Å²) in [4.78, 5) is 0. The first kappa shape index (κ1) is 14.5. The minimum atomic E-state index is -3.29. The number of halogens is 1. The lowest BCUT2D eigenvalue weighted by atomic mass is 9.95. The summed E-state index contributed by atoms with van der Waals surface area (Å²) >= 11 is 6.07. The predicted octanol–water partition coefficient (Wildman–Crippen LogP) is 0.903. The average Bonchev–Trinajstić information content (AvgIpc) is 2.40. The Morgan fingerprint density at radius 3 is 2.11 bits per heavy atom. The number of hydrogen-bond acceptors (Lipinski definition) is 3. The average molecular weight is 297 g/mol. The summed E-state index contributed by atoms with van der Waals surface area (Å²) in [5, 5.41) is 0.123. The highest BCUT2D eigenvalue weighted by Gasteiger charge is 2.34. The van der Waals surface area contributed by atoms with Gasteiger partial charge in [-0.25, -0.2) is 0 Å². The fourth-order valence-corrected chi connectivity index (χ4v) is 4.37. The van der Waals surface area contributed by atoms with E-state index in [4.69, 9.17) is 16.3 Å². The lowest BCUT2D eigenvalue weighted by Gasteiger charge is -2.36. The molecule has 0 aromatic heterocycles. The van der Waals surface area contributed by atoms with Crippen LogP contribution in [-0.4, -0.2) is 61.8 Å². The molecule has 0 saturated carbocycles. The summed E-state index contributed by atoms with van der Waals surface area (Å²) in [5.74, 6) is 0.433. The molecule has 0 N–H and O–H groups in total. The van der Waals surface area contributed by atoms with Crippen LogP contribution >= 0.6 is 11.6 Å². The number of rotatable bonds is 3. The second-order valence-corrected chi connectivity index (χ2v) is 7.55. The van der Waals surface area contributed by atoms with Gasteiger partial charge in [0.1, 0.15) is 0 Å². The first-order valence-corrected chi connectivity index (χ1v) is 8.32. The highest BCUT2D eigenvalue weighted by atomic mass is 35.5. The highest BCUT2D eigenvalue weighted by Crippen LogP contribution is 2.26. The molecule has 0 aromatic carbocycles. The van der Waals surface area contributed by atoms with Crippen molar-refractivity contribution >= 4 is 21.8 Å². The normalized spacial score (nSPS) is 27.2. The third-order valence-corrected chi connectivity index (χ3v) is 6.16. The van der Waals surface area contributed by atoms with Crippen molar-refractivity contribution in [2.75, 3.05) is 39.4 Å². The van der Waals surface area contributed by atoms with Gasteiger partial charge in [-0.2, -0.15) is 17.0 Å². The van der Waals surface area contributed by atoms with Gasteiger partial charge >= 0.3 is 0 Å². The van der Waals surface area contributed by atoms with E-state index in [1.165, 1.54) is 4.31 Å². The van der Waals surface area contributed by atoms with Crippen LogP contribution in [0.25, 0.3) is 0 Å². The molecule has 2 rings (SSSR count). The molecular formula is C11H21ClN2O3S. The van der Waals surface area contributed by atoms with Crippen molar-refractivity contribution in [3.05, 3.63) is 0 Å². The van der Waals surface area contributed by atoms with Gasteiger partial charge < -0.3 is 4.74 Å². The van der Waals surface area contributed by atoms with Crippen LogP contribution in [0.5, 0.6) is 0 Å². The van der Waals surface area contributed by atoms with E-state index >= 15 is 0 Å². The molecule has 0 amide bonds. The molecule has 2 aliphatic heterocycles. The molecule has 1 atom stereocenters. The summed E-state index contributed by atoms with van der Waals surface area (Å²) in [7, 11) is -3.29. The second kappa shape index (κ2) is 6.05. The van der Waals surface area contributed by atoms with Crippen molar-refractivity contribution in [3.8, 4) is 0 Å². The van der Waals surface area contributed by atoms with Gasteiger partial charge in [0.2, 0.25) is 0 Å². The van der Waals surface area contributed by atoms with Crippen LogP contribution < -0.4 is 0 Å². The standard InChI is InChI=1S/C11H21ClN2O3S/c1-10(12)11-2-4-13(5-3-11)18(15,16)14-6-8-17-9-7-14/h10-11H,2-9H2,1H3. The molecule has 18 heavy (non-hydrogen) atoms. The molecule has 2 saturated heterocycles. The van der Waals surface area contributed by atoms with Crippen LogP contribution in [0.1, 0.15) is 19.8 Å². The Labute approximate surface area is 114 Å². The molecule has 2 fully saturated rings. The summed E-state index contributed by atoms with van der Waals surface area (Å²) < 4.78 is 33.1. The van der Waals surface area contributed by atoms with Crippen molar-refractivity contribution in [2.45, 2.75) is 25.1 Å². The first-order chi connectivity index (χ1) is 8.51. The maximum atomic E-state index is 12.4. The lowest BCUT2D eigenvalue weighted by molar-refractivity contribution is 0.0693. The van der Waals surface area contributed by atoms with Crippen molar-refractivity contribution in [1.29, 1.82) is 0 Å². The second-order valence-electron chi connectivity index (χ2n) is 4.93. The fraction of sp³-hybridized carbons (Fsp3) is 1.00. The lowest BCUT2D eigenvalue weighted by Crippen LogP contribution is -2.51. The zero-order valence-corrected chi connectivity index (χ0v) is 12.3. The van der Waals surface area contributed by atoms with Gasteiger partial charge in [-0.3, -0.25) is 0 Å². The summed E-state index contributed by atoms with van der Waals surface area (Å²) in [6.07, 6.45) is 1.71. The van der Waals surface area contributed by atoms with Crippen molar-refractivity contribution in [1.82, 2.24) is 8.61 Å². The minimum absolute atomic E-state index is 0.123. The van der Waals surface area contributed by atoms with Gasteiger partial charge in [0.25, 0.3) is 10.2 Å². The van der Waals surface area contributed by atoms with Gasteiger partial charge in [-0.1, -0.05) is 0 Å². The molecule has 2 heterocycles. The van der Waals surface area contributed by atoms with Gasteiger partial charge in [0.15, 0.2) is 0 Å². The Hall–Kier alpha value is 0.120. The topological polar surface area (TPSA) is 49.9 Å². The van der Waals surface area contributed by atoms with E-state index in [9.17, 15) is 8.42 Å². The van der Waals surface area contributed by atoms with E-state index in [-0.39, 0.29) is 5.38 Å². The number of ether oxygens (including phenoxy) is 1. The van der Waals surface area contributed by atoms with E-state index in [1.54, 1.807) is 4.31 Å². The summed E-state index contributed by atoms with van der Waals surface area (Å²) in [6.45, 7) is 5.08. The predicted molar refractivity (Wildman–Crippen MR) is 70.9 cm³/mol. The van der Waals surface area contributed by atoms with Crippen LogP contribution in [0, 0.1) is 5.92 Å². The number of nitrogens with zero attached hydrogens (tertiary/aromatic N) is 2. The first-order valence-electron chi connectivity index (χ1n) is 6.49. The molecule has 2 aliphatic rings. The fourth-order valence-electron chi connectivity index (χ4n) is 2.51. The van der Waals surface area contributed by atoms with Crippen LogP contribution in [-0.2, 0) is 14.9 Å². The molecule has 1 unspecified atom stereocenters. The van der Waals surface area contributed by atoms with Gasteiger partial charge in [-0.05, 0) is 25.7 Å². The molecule has 0 aliphatic carbocycles. The Morgan fingerprint density at radius 2 is 1.61 bits per heavy atom. The molecule has 106 valence electrons. The SMILES string of the molecule is CC(Cl)C1CCN(S(=O)(=O)N2CCOCC2)CC1. The van der Waals surface area contributed by atoms with E-state index in [1.807, 2.05) is 6.92 Å². The molecule has 0 spiro atoms. The monoisotopic (exact) mass is 296 g/mol. The zero-order valence-electron chi connectivity index (χ0n) is 10.7. The van der Waals surface area contributed by atoms with Gasteiger partial charge in [0.05, 0.1) is 13.2 Å². The Morgan fingerprint density at radius 1 is 1.11 bits per heavy atom. The van der Waals surface area contributed by atoms with Gasteiger partial charge in [0, 0.05) is 31.6 Å². The number of piperidine rings is 1. The maximum absolute atomic E-state index is 12.4. The van der Waals surface area contributed by atoms with E-state index in [2.05, 4.69) is 0 Å². The molecule has 0 aromatic rings. The summed E-state index contributed by atoms with van der Waals surface area (Å²) in [6, 6.07) is 0. The van der Waals surface area contributed by atoms with Crippen molar-refractivity contribution < 1.29 is 13.2 Å². The minimum Gasteiger partial charge on any atom is -0.379 e. The molecule has 7 heteroatoms. The van der Waals surface area contributed by atoms with E-state index in [0.717, 1.165) is 12.8 Å². The highest BCUT2D eigenvalue weighted by molar-refractivity contribution is 7.86. The van der Waals surface area contributed by atoms with Crippen molar-refractivity contribution in [2.24, 2.45) is 5.92 Å². The number of morpholine rings is 1. The Kier molecular flexibility index (Phi) is 4.88. The maximum Gasteiger partial charge on any atom is 0.282 e. The van der Waals surface area contributed by atoms with E-state index < -0.39 is 10.2 Å². The number of alkyl halides is 1. The van der Waals surface area contributed by atoms with Crippen LogP contribution in [0.15, 0.2) is 0 Å². The third-order valence-electron chi connectivity index (χ3n) is 3.77. The van der Waals surface area contributed by atoms with Crippen LogP contribution in [0.3, 0.4) is 0 Å². The van der Waals surface area contributed by atoms with Gasteiger partial charge in [-0.15, -0.1) is 11.6 Å². The number of hydrogen-bond donors (Lipinski definition) is 0. The molecule has 5 nitrogen and oxygen atoms in total. The third kappa shape index (κ3) is 3.17. The van der Waals surface area contributed by atoms with Crippen LogP contribution in [0.2, 0.25) is 0 Å². The Bertz CT molecular complexity index is 360. The molecule has 0 bridgehead atoms. The quantitative estimate of drug-likeness (QED) is 0.727. The van der Waals surface area contributed by atoms with Crippen LogP contribution in [0.4, 0.5) is 0 Å². The zero-order chi connectivity index (χ0) is 13.2. The van der Waals surface area contributed by atoms with E-state index in [0.29, 0.717) is 45.3 Å². The van der Waals surface area contributed by atoms with Crippen molar-refractivity contribution in [3.63, 3.8) is 0 Å². The Balaban J connectivity index is 1.95. The molecule has 0 radical (unpaired) electrons. The largest absolute Gasteiger partial charge is 0.379 e. The summed E-state index contributed by atoms with van der Waals surface area (Å²) in [5.41, 5.74) is 0. The molecular weight excluding hydrogens is 276 g/mol. The smallest absolute Gasteiger partial charge is 0.282 e.